The molecule has 162 valence electrons. The molecule has 11 heteroatoms. The Labute approximate surface area is 257 Å². The van der Waals surface area contributed by atoms with Crippen LogP contribution in [-0.4, -0.2) is 11.6 Å². The van der Waals surface area contributed by atoms with Gasteiger partial charge >= 0.3 is 88.7 Å². The zero-order valence-corrected chi connectivity index (χ0v) is 27.3. The maximum atomic E-state index is 12.2. The summed E-state index contributed by atoms with van der Waals surface area (Å²) in [6.45, 7) is 8.97. The second-order valence-electron chi connectivity index (χ2n) is 8.98. The van der Waals surface area contributed by atoms with Crippen molar-refractivity contribution in [3.8, 4) is 0 Å². The summed E-state index contributed by atoms with van der Waals surface area (Å²) in [4.78, 5) is 39.5. The smallest absolute Gasteiger partial charge is 0.807 e. The minimum absolute atomic E-state index is 0. The zero-order chi connectivity index (χ0) is 22.2. The number of benzene rings is 1. The molecule has 0 aliphatic heterocycles. The summed E-state index contributed by atoms with van der Waals surface area (Å²) in [5, 5.41) is 9.02. The summed E-state index contributed by atoms with van der Waals surface area (Å²) in [6.07, 6.45) is 5.39. The summed E-state index contributed by atoms with van der Waals surface area (Å²) in [5.41, 5.74) is 7.40. The molecule has 1 saturated carbocycles. The molecular formula is C21H29NNa3O6P. The van der Waals surface area contributed by atoms with E-state index in [1.807, 2.05) is 0 Å². The predicted molar refractivity (Wildman–Crippen MR) is 104 cm³/mol. The molecule has 0 radical (unpaired) electrons. The topological polar surface area (TPSA) is 146 Å². The van der Waals surface area contributed by atoms with Gasteiger partial charge in [0.1, 0.15) is 0 Å². The normalized spacial score (nSPS) is 25.9. The first-order valence-electron chi connectivity index (χ1n) is 9.90. The van der Waals surface area contributed by atoms with Gasteiger partial charge in [-0.05, 0) is 67.2 Å². The Morgan fingerprint density at radius 1 is 1.12 bits per heavy atom. The number of amides is 1. The number of hydrogen-bond donors (Lipinski definition) is 1. The van der Waals surface area contributed by atoms with Crippen LogP contribution in [0.5, 0.6) is 0 Å². The number of hydrogen-bond acceptors (Lipinski definition) is 6. The molecule has 2 N–H and O–H groups in total. The number of primary amides is 1. The Balaban J connectivity index is 0. The van der Waals surface area contributed by atoms with Crippen molar-refractivity contribution in [2.24, 2.45) is 17.1 Å². The molecule has 2 aliphatic rings. The molecule has 1 amide bonds. The van der Waals surface area contributed by atoms with Gasteiger partial charge in [-0.3, -0.25) is 4.79 Å². The van der Waals surface area contributed by atoms with Crippen molar-refractivity contribution in [2.75, 3.05) is 0 Å². The molecular weight excluding hydrogens is 462 g/mol. The quantitative estimate of drug-likeness (QED) is 0.328. The fourth-order valence-electron chi connectivity index (χ4n) is 5.17. The average Bonchev–Trinajstić information content (AvgIpc) is 2.60. The van der Waals surface area contributed by atoms with E-state index < -0.39 is 13.3 Å². The second-order valence-corrected chi connectivity index (χ2v) is 10.3. The molecule has 0 spiro atoms. The molecule has 0 aromatic heterocycles. The SMILES string of the molecule is CC(C)c1ccc2c(c1)CCC1C(C)(C(N)=O)CCCC21C.O=C([O-])P(=O)([O-])[O-].[Na+].[Na+].[Na+]. The van der Waals surface area contributed by atoms with Crippen LogP contribution in [0, 0.1) is 11.3 Å². The summed E-state index contributed by atoms with van der Waals surface area (Å²) in [6, 6.07) is 7.02. The maximum absolute atomic E-state index is 12.2. The fourth-order valence-corrected chi connectivity index (χ4v) is 5.17. The van der Waals surface area contributed by atoms with Gasteiger partial charge in [-0.1, -0.05) is 52.3 Å². The van der Waals surface area contributed by atoms with Gasteiger partial charge in [-0.25, -0.2) is 0 Å². The van der Waals surface area contributed by atoms with E-state index in [1.165, 1.54) is 23.1 Å². The number of aryl methyl sites for hydroxylation is 1. The molecule has 1 fully saturated rings. The standard InChI is InChI=1S/C20H29NO.CH3O5P.3Na/c1-13(2)14-6-8-16-15(12-14)7-9-17-19(16,3)10-5-11-20(17,4)18(21)22;2-1(3)7(4,5)6;;;/h6,8,12-13,17H,5,7,9-11H2,1-4H3,(H2,21,22);(H,2,3)(H2,4,5,6);;;/q;;3*+1/p-3. The first-order chi connectivity index (χ1) is 13.2. The van der Waals surface area contributed by atoms with Crippen molar-refractivity contribution in [1.29, 1.82) is 0 Å². The molecule has 3 unspecified atom stereocenters. The summed E-state index contributed by atoms with van der Waals surface area (Å²) < 4.78 is 9.14. The van der Waals surface area contributed by atoms with Crippen LogP contribution < -0.4 is 109 Å². The van der Waals surface area contributed by atoms with Gasteiger partial charge in [0, 0.05) is 5.41 Å². The minimum Gasteiger partial charge on any atom is -0.807 e. The van der Waals surface area contributed by atoms with Gasteiger partial charge < -0.3 is 30.0 Å². The first kappa shape index (κ1) is 35.5. The van der Waals surface area contributed by atoms with E-state index in [0.29, 0.717) is 11.8 Å². The molecule has 1 aromatic rings. The van der Waals surface area contributed by atoms with Crippen molar-refractivity contribution < 1.29 is 118 Å². The Kier molecular flexibility index (Phi) is 15.0. The third kappa shape index (κ3) is 7.65. The van der Waals surface area contributed by atoms with E-state index >= 15 is 0 Å². The second kappa shape index (κ2) is 13.6. The van der Waals surface area contributed by atoms with Crippen LogP contribution in [0.3, 0.4) is 0 Å². The van der Waals surface area contributed by atoms with Crippen LogP contribution >= 0.6 is 7.60 Å². The molecule has 0 bridgehead atoms. The zero-order valence-electron chi connectivity index (χ0n) is 20.4. The molecule has 3 atom stereocenters. The number of carboxylic acid groups (broad SMARTS) is 1. The molecule has 1 aromatic carbocycles. The third-order valence-electron chi connectivity index (χ3n) is 6.83. The van der Waals surface area contributed by atoms with Gasteiger partial charge in [-0.2, -0.15) is 0 Å². The van der Waals surface area contributed by atoms with Gasteiger partial charge in [0.2, 0.25) is 5.91 Å². The molecule has 3 rings (SSSR count). The Bertz CT molecular complexity index is 862. The number of rotatable bonds is 3. The molecule has 0 saturated heterocycles. The number of nitrogens with two attached hydrogens (primary N) is 1. The average molecular weight is 491 g/mol. The van der Waals surface area contributed by atoms with Crippen LogP contribution in [0.15, 0.2) is 18.2 Å². The molecule has 0 heterocycles. The van der Waals surface area contributed by atoms with Crippen molar-refractivity contribution in [1.82, 2.24) is 0 Å². The van der Waals surface area contributed by atoms with Crippen molar-refractivity contribution in [2.45, 2.75) is 71.1 Å². The van der Waals surface area contributed by atoms with Gasteiger partial charge in [0.15, 0.2) is 0 Å². The molecule has 7 nitrogen and oxygen atoms in total. The van der Waals surface area contributed by atoms with E-state index in [1.54, 1.807) is 0 Å². The van der Waals surface area contributed by atoms with E-state index in [-0.39, 0.29) is 105 Å². The van der Waals surface area contributed by atoms with Crippen LogP contribution in [0.1, 0.15) is 76.0 Å². The monoisotopic (exact) mass is 491 g/mol. The van der Waals surface area contributed by atoms with Crippen molar-refractivity contribution >= 4 is 19.2 Å². The van der Waals surface area contributed by atoms with Crippen LogP contribution in [0.2, 0.25) is 0 Å². The largest absolute Gasteiger partial charge is 1.00 e. The summed E-state index contributed by atoms with van der Waals surface area (Å²) >= 11 is 0. The van der Waals surface area contributed by atoms with Gasteiger partial charge in [0.25, 0.3) is 0 Å². The van der Waals surface area contributed by atoms with Crippen molar-refractivity contribution in [3.05, 3.63) is 34.9 Å². The van der Waals surface area contributed by atoms with Crippen LogP contribution in [0.25, 0.3) is 0 Å². The van der Waals surface area contributed by atoms with Crippen molar-refractivity contribution in [3.63, 3.8) is 0 Å². The fraction of sp³-hybridized carbons (Fsp3) is 0.619. The number of carbonyl (C=O) groups is 2. The Morgan fingerprint density at radius 3 is 2.09 bits per heavy atom. The van der Waals surface area contributed by atoms with Crippen LogP contribution in [-0.2, 0) is 21.2 Å². The molecule has 32 heavy (non-hydrogen) atoms. The Hall–Kier alpha value is 1.31. The maximum Gasteiger partial charge on any atom is 1.00 e. The van der Waals surface area contributed by atoms with E-state index in [9.17, 15) is 4.79 Å². The molecule has 2 aliphatic carbocycles. The van der Waals surface area contributed by atoms with E-state index in [0.717, 1.165) is 25.7 Å². The summed E-state index contributed by atoms with van der Waals surface area (Å²) in [5.74, 6) is 0.840. The summed E-state index contributed by atoms with van der Waals surface area (Å²) in [7, 11) is -5.43. The minimum atomic E-state index is -5.43. The predicted octanol–water partition coefficient (Wildman–Crippen LogP) is -7.44. The Morgan fingerprint density at radius 2 is 1.66 bits per heavy atom. The van der Waals surface area contributed by atoms with Gasteiger partial charge in [0.05, 0.1) is 5.71 Å². The first-order valence-corrected chi connectivity index (χ1v) is 11.4. The van der Waals surface area contributed by atoms with Crippen LogP contribution in [0.4, 0.5) is 4.79 Å². The third-order valence-corrected chi connectivity index (χ3v) is 7.28. The number of fused-ring (bicyclic) bond motifs is 3. The van der Waals surface area contributed by atoms with E-state index in [4.69, 9.17) is 30.0 Å². The number of carbonyl (C=O) groups excluding carboxylic acids is 2. The van der Waals surface area contributed by atoms with Gasteiger partial charge in [-0.15, -0.1) is 0 Å². The van der Waals surface area contributed by atoms with E-state index in [2.05, 4.69) is 45.9 Å².